The van der Waals surface area contributed by atoms with Gasteiger partial charge in [-0.3, -0.25) is 4.98 Å². The molecule has 0 radical (unpaired) electrons. The van der Waals surface area contributed by atoms with Gasteiger partial charge in [-0.05, 0) is 17.6 Å². The largest absolute Gasteiger partial charge is 0.488 e. The standard InChI is InChI=1S/C11H5BF5NO2/c13-7-6(8(14)10(16)11(17)9(7)15)5-3-4(12(19)20)1-2-18-5/h1-3,19-20H. The normalized spacial score (nSPS) is 10.8. The molecule has 0 saturated heterocycles. The van der Waals surface area contributed by atoms with Gasteiger partial charge in [0, 0.05) is 6.20 Å². The van der Waals surface area contributed by atoms with Gasteiger partial charge in [-0.15, -0.1) is 0 Å². The third kappa shape index (κ3) is 2.25. The molecule has 0 atom stereocenters. The van der Waals surface area contributed by atoms with Gasteiger partial charge in [0.2, 0.25) is 5.82 Å². The predicted molar refractivity (Wildman–Crippen MR) is 59.3 cm³/mol. The van der Waals surface area contributed by atoms with Gasteiger partial charge in [-0.2, -0.15) is 0 Å². The first kappa shape index (κ1) is 14.4. The highest BCUT2D eigenvalue weighted by Gasteiger charge is 2.27. The molecule has 0 unspecified atom stereocenters. The van der Waals surface area contributed by atoms with Crippen molar-refractivity contribution in [2.75, 3.05) is 0 Å². The van der Waals surface area contributed by atoms with Crippen molar-refractivity contribution in [1.29, 1.82) is 0 Å². The van der Waals surface area contributed by atoms with Crippen LogP contribution in [0.25, 0.3) is 11.3 Å². The Kier molecular flexibility index (Phi) is 3.73. The van der Waals surface area contributed by atoms with Crippen LogP contribution in [0, 0.1) is 29.1 Å². The van der Waals surface area contributed by atoms with Crippen LogP contribution in [0.1, 0.15) is 0 Å². The summed E-state index contributed by atoms with van der Waals surface area (Å²) in [5, 5.41) is 17.8. The molecule has 0 fully saturated rings. The monoisotopic (exact) mass is 289 g/mol. The summed E-state index contributed by atoms with van der Waals surface area (Å²) in [5.74, 6) is -10.6. The number of aromatic nitrogens is 1. The fourth-order valence-electron chi connectivity index (χ4n) is 1.57. The summed E-state index contributed by atoms with van der Waals surface area (Å²) in [6.45, 7) is 0. The number of benzene rings is 1. The highest BCUT2D eigenvalue weighted by molar-refractivity contribution is 6.58. The van der Waals surface area contributed by atoms with Crippen LogP contribution in [0.2, 0.25) is 0 Å². The fraction of sp³-hybridized carbons (Fsp3) is 0. The molecular formula is C11H5BF5NO2. The van der Waals surface area contributed by atoms with Gasteiger partial charge < -0.3 is 10.0 Å². The smallest absolute Gasteiger partial charge is 0.423 e. The number of nitrogens with zero attached hydrogens (tertiary/aromatic N) is 1. The van der Waals surface area contributed by atoms with Crippen LogP contribution >= 0.6 is 0 Å². The van der Waals surface area contributed by atoms with Crippen molar-refractivity contribution in [1.82, 2.24) is 4.98 Å². The SMILES string of the molecule is OB(O)c1ccnc(-c2c(F)c(F)c(F)c(F)c2F)c1. The molecule has 1 aromatic carbocycles. The van der Waals surface area contributed by atoms with Crippen molar-refractivity contribution >= 4 is 12.6 Å². The molecule has 20 heavy (non-hydrogen) atoms. The van der Waals surface area contributed by atoms with Crippen molar-refractivity contribution in [2.45, 2.75) is 0 Å². The lowest BCUT2D eigenvalue weighted by Gasteiger charge is -2.08. The lowest BCUT2D eigenvalue weighted by molar-refractivity contribution is 0.381. The molecule has 2 aromatic rings. The number of pyridine rings is 1. The van der Waals surface area contributed by atoms with Crippen LogP contribution in [0.5, 0.6) is 0 Å². The maximum atomic E-state index is 13.5. The van der Waals surface area contributed by atoms with E-state index in [1.54, 1.807) is 0 Å². The minimum absolute atomic E-state index is 0.209. The summed E-state index contributed by atoms with van der Waals surface area (Å²) in [5.41, 5.74) is -2.05. The zero-order chi connectivity index (χ0) is 15.0. The van der Waals surface area contributed by atoms with Crippen LogP contribution in [0.4, 0.5) is 22.0 Å². The van der Waals surface area contributed by atoms with E-state index in [0.29, 0.717) is 0 Å². The van der Waals surface area contributed by atoms with E-state index in [-0.39, 0.29) is 5.46 Å². The lowest BCUT2D eigenvalue weighted by atomic mass is 9.80. The van der Waals surface area contributed by atoms with Gasteiger partial charge in [0.1, 0.15) is 0 Å². The maximum Gasteiger partial charge on any atom is 0.488 e. The van der Waals surface area contributed by atoms with Gasteiger partial charge in [-0.1, -0.05) is 0 Å². The molecule has 2 N–H and O–H groups in total. The lowest BCUT2D eigenvalue weighted by Crippen LogP contribution is -2.30. The Hall–Kier alpha value is -2.00. The summed E-state index contributed by atoms with van der Waals surface area (Å²) in [6, 6.07) is 1.92. The summed E-state index contributed by atoms with van der Waals surface area (Å²) < 4.78 is 66.1. The number of halogens is 5. The van der Waals surface area contributed by atoms with Gasteiger partial charge in [0.25, 0.3) is 0 Å². The van der Waals surface area contributed by atoms with E-state index >= 15 is 0 Å². The molecular weight excluding hydrogens is 284 g/mol. The summed E-state index contributed by atoms with van der Waals surface area (Å²) >= 11 is 0. The highest BCUT2D eigenvalue weighted by atomic mass is 19.2. The topological polar surface area (TPSA) is 53.4 Å². The molecule has 0 bridgehead atoms. The molecule has 9 heteroatoms. The Balaban J connectivity index is 2.73. The van der Waals surface area contributed by atoms with E-state index in [1.807, 2.05) is 0 Å². The molecule has 0 aliphatic carbocycles. The molecule has 0 aliphatic heterocycles. The minimum Gasteiger partial charge on any atom is -0.423 e. The fourth-order valence-corrected chi connectivity index (χ4v) is 1.57. The van der Waals surface area contributed by atoms with E-state index in [9.17, 15) is 22.0 Å². The van der Waals surface area contributed by atoms with Crippen molar-refractivity contribution in [3.05, 3.63) is 47.4 Å². The van der Waals surface area contributed by atoms with Gasteiger partial charge in [-0.25, -0.2) is 22.0 Å². The number of hydrogen-bond acceptors (Lipinski definition) is 3. The van der Waals surface area contributed by atoms with Gasteiger partial charge >= 0.3 is 7.12 Å². The van der Waals surface area contributed by atoms with E-state index in [1.165, 1.54) is 0 Å². The number of rotatable bonds is 2. The number of hydrogen-bond donors (Lipinski definition) is 2. The Bertz CT molecular complexity index is 651. The Labute approximate surface area is 109 Å². The molecule has 1 heterocycles. The first-order valence-electron chi connectivity index (χ1n) is 5.18. The molecule has 1 aromatic heterocycles. The molecule has 2 rings (SSSR count). The van der Waals surface area contributed by atoms with Crippen molar-refractivity contribution in [3.63, 3.8) is 0 Å². The molecule has 0 saturated carbocycles. The van der Waals surface area contributed by atoms with E-state index in [2.05, 4.69) is 4.98 Å². The molecule has 0 amide bonds. The first-order valence-corrected chi connectivity index (χ1v) is 5.18. The second-order valence-corrected chi connectivity index (χ2v) is 3.79. The molecule has 0 aliphatic rings. The average molecular weight is 289 g/mol. The zero-order valence-corrected chi connectivity index (χ0v) is 9.54. The quantitative estimate of drug-likeness (QED) is 0.377. The maximum absolute atomic E-state index is 13.5. The second-order valence-electron chi connectivity index (χ2n) is 3.79. The zero-order valence-electron chi connectivity index (χ0n) is 9.54. The predicted octanol–water partition coefficient (Wildman–Crippen LogP) is 1.12. The first-order chi connectivity index (χ1) is 9.34. The average Bonchev–Trinajstić information content (AvgIpc) is 2.43. The second kappa shape index (κ2) is 5.18. The van der Waals surface area contributed by atoms with E-state index in [0.717, 1.165) is 18.3 Å². The molecule has 104 valence electrons. The summed E-state index contributed by atoms with van der Waals surface area (Å²) in [4.78, 5) is 3.47. The van der Waals surface area contributed by atoms with Crippen molar-refractivity contribution < 1.29 is 32.0 Å². The van der Waals surface area contributed by atoms with Crippen molar-refractivity contribution in [3.8, 4) is 11.3 Å². The Morgan fingerprint density at radius 2 is 1.35 bits per heavy atom. The van der Waals surface area contributed by atoms with Gasteiger partial charge in [0.15, 0.2) is 23.3 Å². The van der Waals surface area contributed by atoms with Crippen LogP contribution in [-0.4, -0.2) is 22.2 Å². The van der Waals surface area contributed by atoms with Crippen LogP contribution in [-0.2, 0) is 0 Å². The summed E-state index contributed by atoms with van der Waals surface area (Å²) in [7, 11) is -1.97. The molecule has 3 nitrogen and oxygen atoms in total. The van der Waals surface area contributed by atoms with Crippen molar-refractivity contribution in [2.24, 2.45) is 0 Å². The third-order valence-electron chi connectivity index (χ3n) is 2.55. The Morgan fingerprint density at radius 3 is 1.85 bits per heavy atom. The van der Waals surface area contributed by atoms with E-state index < -0.39 is 47.5 Å². The molecule has 0 spiro atoms. The van der Waals surface area contributed by atoms with Gasteiger partial charge in [0.05, 0.1) is 11.3 Å². The third-order valence-corrected chi connectivity index (χ3v) is 2.55. The van der Waals surface area contributed by atoms with Crippen LogP contribution in [0.15, 0.2) is 18.3 Å². The van der Waals surface area contributed by atoms with E-state index in [4.69, 9.17) is 10.0 Å². The summed E-state index contributed by atoms with van der Waals surface area (Å²) in [6.07, 6.45) is 0.947. The highest BCUT2D eigenvalue weighted by Crippen LogP contribution is 2.29. The van der Waals surface area contributed by atoms with Crippen LogP contribution < -0.4 is 5.46 Å². The Morgan fingerprint density at radius 1 is 0.850 bits per heavy atom. The van der Waals surface area contributed by atoms with Crippen LogP contribution in [0.3, 0.4) is 0 Å². The minimum atomic E-state index is -2.28.